The van der Waals surface area contributed by atoms with Crippen LogP contribution < -0.4 is 4.74 Å². The van der Waals surface area contributed by atoms with E-state index in [9.17, 15) is 5.11 Å². The van der Waals surface area contributed by atoms with Gasteiger partial charge in [0, 0.05) is 12.2 Å². The highest BCUT2D eigenvalue weighted by molar-refractivity contribution is 5.59. The summed E-state index contributed by atoms with van der Waals surface area (Å²) in [4.78, 5) is 4.36. The van der Waals surface area contributed by atoms with E-state index in [0.29, 0.717) is 29.6 Å². The van der Waals surface area contributed by atoms with Crippen LogP contribution in [0.2, 0.25) is 0 Å². The van der Waals surface area contributed by atoms with Crippen molar-refractivity contribution >= 4 is 0 Å². The molecule has 114 valence electrons. The van der Waals surface area contributed by atoms with Crippen molar-refractivity contribution in [3.8, 4) is 23.0 Å². The average Bonchev–Trinajstić information content (AvgIpc) is 2.96. The molecule has 6 nitrogen and oxygen atoms in total. The first-order valence-electron chi connectivity index (χ1n) is 7.02. The van der Waals surface area contributed by atoms with Gasteiger partial charge in [-0.25, -0.2) is 0 Å². The van der Waals surface area contributed by atoms with Gasteiger partial charge >= 0.3 is 0 Å². The number of methoxy groups -OCH3 is 1. The summed E-state index contributed by atoms with van der Waals surface area (Å²) >= 11 is 0. The summed E-state index contributed by atoms with van der Waals surface area (Å²) in [5.74, 6) is 1.31. The van der Waals surface area contributed by atoms with Crippen LogP contribution in [0.4, 0.5) is 0 Å². The number of hydrogen-bond donors (Lipinski definition) is 1. The number of rotatable bonds is 7. The molecule has 1 aromatic heterocycles. The van der Waals surface area contributed by atoms with Crippen LogP contribution in [0.15, 0.2) is 22.7 Å². The van der Waals surface area contributed by atoms with E-state index in [-0.39, 0.29) is 11.9 Å². The van der Waals surface area contributed by atoms with Gasteiger partial charge in [0.05, 0.1) is 7.11 Å². The van der Waals surface area contributed by atoms with Gasteiger partial charge in [-0.15, -0.1) is 0 Å². The number of aromatic nitrogens is 2. The molecule has 0 fully saturated rings. The second-order valence-electron chi connectivity index (χ2n) is 4.58. The Labute approximate surface area is 123 Å². The van der Waals surface area contributed by atoms with Crippen LogP contribution >= 0.6 is 0 Å². The predicted octanol–water partition coefficient (Wildman–Crippen LogP) is 3.33. The average molecular weight is 292 g/mol. The normalized spacial score (nSPS) is 12.3. The van der Waals surface area contributed by atoms with Gasteiger partial charge in [-0.3, -0.25) is 0 Å². The summed E-state index contributed by atoms with van der Waals surface area (Å²) in [6.45, 7) is 4.61. The second kappa shape index (κ2) is 7.08. The number of nitrogens with zero attached hydrogens (tertiary/aromatic N) is 2. The van der Waals surface area contributed by atoms with Crippen molar-refractivity contribution in [2.45, 2.75) is 32.8 Å². The molecule has 1 aromatic carbocycles. The molecule has 0 saturated carbocycles. The van der Waals surface area contributed by atoms with Crippen LogP contribution in [0.1, 0.15) is 38.6 Å². The van der Waals surface area contributed by atoms with Gasteiger partial charge in [-0.2, -0.15) is 4.98 Å². The summed E-state index contributed by atoms with van der Waals surface area (Å²) < 4.78 is 15.9. The first kappa shape index (κ1) is 15.3. The van der Waals surface area contributed by atoms with E-state index < -0.39 is 0 Å². The Morgan fingerprint density at radius 3 is 2.76 bits per heavy atom. The lowest BCUT2D eigenvalue weighted by molar-refractivity contribution is 0.0478. The summed E-state index contributed by atoms with van der Waals surface area (Å²) in [7, 11) is 1.50. The predicted molar refractivity (Wildman–Crippen MR) is 77.2 cm³/mol. The summed E-state index contributed by atoms with van der Waals surface area (Å²) in [5, 5.41) is 13.8. The molecule has 1 N–H and O–H groups in total. The minimum absolute atomic E-state index is 0.0321. The lowest BCUT2D eigenvalue weighted by atomic mass is 10.2. The Morgan fingerprint density at radius 2 is 2.14 bits per heavy atom. The third-order valence-corrected chi connectivity index (χ3v) is 3.07. The van der Waals surface area contributed by atoms with E-state index in [1.807, 2.05) is 6.92 Å². The summed E-state index contributed by atoms with van der Waals surface area (Å²) in [6.07, 6.45) is 1.64. The molecule has 1 atom stereocenters. The highest BCUT2D eigenvalue weighted by atomic mass is 16.5. The molecule has 0 aliphatic heterocycles. The van der Waals surface area contributed by atoms with E-state index in [2.05, 4.69) is 17.1 Å². The van der Waals surface area contributed by atoms with Gasteiger partial charge < -0.3 is 19.1 Å². The van der Waals surface area contributed by atoms with Crippen LogP contribution in [-0.4, -0.2) is 29.0 Å². The number of phenolic OH excluding ortho intramolecular Hbond substituents is 1. The van der Waals surface area contributed by atoms with Crippen molar-refractivity contribution in [2.24, 2.45) is 0 Å². The zero-order valence-corrected chi connectivity index (χ0v) is 12.5. The lowest BCUT2D eigenvalue weighted by Crippen LogP contribution is -2.05. The van der Waals surface area contributed by atoms with Crippen molar-refractivity contribution in [3.63, 3.8) is 0 Å². The second-order valence-corrected chi connectivity index (χ2v) is 4.58. The summed E-state index contributed by atoms with van der Waals surface area (Å²) in [6, 6.07) is 4.94. The molecular weight excluding hydrogens is 272 g/mol. The zero-order valence-electron chi connectivity index (χ0n) is 12.5. The SMILES string of the molecule is CCCC(OCC)c1noc(-c2ccc(OC)c(O)c2)n1. The lowest BCUT2D eigenvalue weighted by Gasteiger charge is -2.11. The number of hydrogen-bond acceptors (Lipinski definition) is 6. The molecule has 0 amide bonds. The molecule has 1 heterocycles. The molecule has 0 aliphatic rings. The van der Waals surface area contributed by atoms with Crippen LogP contribution in [0.25, 0.3) is 11.5 Å². The van der Waals surface area contributed by atoms with Gasteiger partial charge in [-0.05, 0) is 31.5 Å². The molecule has 6 heteroatoms. The molecule has 21 heavy (non-hydrogen) atoms. The minimum atomic E-state index is -0.163. The number of benzene rings is 1. The fourth-order valence-electron chi connectivity index (χ4n) is 2.06. The summed E-state index contributed by atoms with van der Waals surface area (Å²) in [5.41, 5.74) is 0.638. The van der Waals surface area contributed by atoms with Crippen molar-refractivity contribution in [2.75, 3.05) is 13.7 Å². The van der Waals surface area contributed by atoms with Gasteiger partial charge in [0.15, 0.2) is 11.5 Å². The number of phenols is 1. The van der Waals surface area contributed by atoms with Crippen LogP contribution in [0.5, 0.6) is 11.5 Å². The molecule has 0 spiro atoms. The molecule has 0 bridgehead atoms. The molecular formula is C15H20N2O4. The molecule has 0 saturated heterocycles. The van der Waals surface area contributed by atoms with Crippen molar-refractivity contribution in [1.29, 1.82) is 0 Å². The van der Waals surface area contributed by atoms with Crippen molar-refractivity contribution in [1.82, 2.24) is 10.1 Å². The maximum Gasteiger partial charge on any atom is 0.258 e. The van der Waals surface area contributed by atoms with Crippen LogP contribution in [0, 0.1) is 0 Å². The van der Waals surface area contributed by atoms with Gasteiger partial charge in [0.2, 0.25) is 5.82 Å². The van der Waals surface area contributed by atoms with Crippen molar-refractivity contribution < 1.29 is 19.1 Å². The fraction of sp³-hybridized carbons (Fsp3) is 0.467. The number of aromatic hydroxyl groups is 1. The Morgan fingerprint density at radius 1 is 1.33 bits per heavy atom. The Hall–Kier alpha value is -2.08. The quantitative estimate of drug-likeness (QED) is 0.843. The van der Waals surface area contributed by atoms with Gasteiger partial charge in [0.25, 0.3) is 5.89 Å². The van der Waals surface area contributed by atoms with Gasteiger partial charge in [-0.1, -0.05) is 18.5 Å². The van der Waals surface area contributed by atoms with Crippen LogP contribution in [-0.2, 0) is 4.74 Å². The Kier molecular flexibility index (Phi) is 5.16. The van der Waals surface area contributed by atoms with E-state index in [4.69, 9.17) is 14.0 Å². The minimum Gasteiger partial charge on any atom is -0.504 e. The monoisotopic (exact) mass is 292 g/mol. The van der Waals surface area contributed by atoms with Crippen LogP contribution in [0.3, 0.4) is 0 Å². The maximum atomic E-state index is 9.80. The largest absolute Gasteiger partial charge is 0.504 e. The number of ether oxygens (including phenoxy) is 2. The third kappa shape index (κ3) is 3.52. The van der Waals surface area contributed by atoms with E-state index in [1.165, 1.54) is 13.2 Å². The van der Waals surface area contributed by atoms with Gasteiger partial charge in [0.1, 0.15) is 6.10 Å². The van der Waals surface area contributed by atoms with E-state index >= 15 is 0 Å². The first-order chi connectivity index (χ1) is 10.2. The first-order valence-corrected chi connectivity index (χ1v) is 7.02. The Balaban J connectivity index is 2.24. The maximum absolute atomic E-state index is 9.80. The standard InChI is InChI=1S/C15H20N2O4/c1-4-6-13(20-5-2)14-16-15(21-17-14)10-7-8-12(19-3)11(18)9-10/h7-9,13,18H,4-6H2,1-3H3. The highest BCUT2D eigenvalue weighted by Crippen LogP contribution is 2.31. The topological polar surface area (TPSA) is 77.6 Å². The Bertz CT molecular complexity index is 577. The molecule has 2 aromatic rings. The molecule has 1 unspecified atom stereocenters. The van der Waals surface area contributed by atoms with E-state index in [1.54, 1.807) is 12.1 Å². The third-order valence-electron chi connectivity index (χ3n) is 3.07. The molecule has 0 radical (unpaired) electrons. The molecule has 0 aliphatic carbocycles. The van der Waals surface area contributed by atoms with E-state index in [0.717, 1.165) is 12.8 Å². The fourth-order valence-corrected chi connectivity index (χ4v) is 2.06. The highest BCUT2D eigenvalue weighted by Gasteiger charge is 2.19. The molecule has 2 rings (SSSR count). The smallest absolute Gasteiger partial charge is 0.258 e. The van der Waals surface area contributed by atoms with Crippen molar-refractivity contribution in [3.05, 3.63) is 24.0 Å². The zero-order chi connectivity index (χ0) is 15.2.